The Labute approximate surface area is 99.1 Å². The molecule has 1 rings (SSSR count). The Balaban J connectivity index is 2.70. The van der Waals surface area contributed by atoms with E-state index in [2.05, 4.69) is 33.8 Å². The lowest BCUT2D eigenvalue weighted by Crippen LogP contribution is -2.10. The zero-order chi connectivity index (χ0) is 12.3. The van der Waals surface area contributed by atoms with Crippen molar-refractivity contribution in [2.24, 2.45) is 17.3 Å². The minimum Gasteiger partial charge on any atom is -0.466 e. The number of carbonyl (C=O) groups is 1. The molecule has 1 aliphatic rings. The van der Waals surface area contributed by atoms with Gasteiger partial charge in [0.1, 0.15) is 0 Å². The second kappa shape index (κ2) is 5.03. The summed E-state index contributed by atoms with van der Waals surface area (Å²) >= 11 is 0. The topological polar surface area (TPSA) is 26.3 Å². The highest BCUT2D eigenvalue weighted by Gasteiger charge is 2.61. The number of rotatable bonds is 5. The van der Waals surface area contributed by atoms with Crippen LogP contribution in [0.3, 0.4) is 0 Å². The minimum absolute atomic E-state index is 0.0275. The second-order valence-electron chi connectivity index (χ2n) is 5.11. The smallest absolute Gasteiger partial charge is 0.310 e. The zero-order valence-electron chi connectivity index (χ0n) is 11.2. The third-order valence-corrected chi connectivity index (χ3v) is 3.77. The van der Waals surface area contributed by atoms with Crippen LogP contribution in [0.2, 0.25) is 0 Å². The molecule has 1 saturated carbocycles. The van der Waals surface area contributed by atoms with Gasteiger partial charge in [-0.25, -0.2) is 0 Å². The summed E-state index contributed by atoms with van der Waals surface area (Å²) in [5, 5.41) is 0. The van der Waals surface area contributed by atoms with Crippen LogP contribution in [0.4, 0.5) is 0 Å². The average Bonchev–Trinajstić information content (AvgIpc) is 2.77. The van der Waals surface area contributed by atoms with Gasteiger partial charge in [0.15, 0.2) is 0 Å². The molecular formula is C14H24O2. The van der Waals surface area contributed by atoms with Gasteiger partial charge in [0.05, 0.1) is 12.5 Å². The molecule has 0 saturated heterocycles. The minimum atomic E-state index is -0.0275. The Bertz CT molecular complexity index is 283. The van der Waals surface area contributed by atoms with Crippen molar-refractivity contribution in [1.29, 1.82) is 0 Å². The van der Waals surface area contributed by atoms with Crippen LogP contribution in [-0.2, 0) is 9.53 Å². The molecule has 0 heterocycles. The lowest BCUT2D eigenvalue weighted by molar-refractivity contribution is -0.145. The van der Waals surface area contributed by atoms with E-state index < -0.39 is 0 Å². The van der Waals surface area contributed by atoms with E-state index in [1.165, 1.54) is 5.57 Å². The molecule has 0 N–H and O–H groups in total. The monoisotopic (exact) mass is 224 g/mol. The Morgan fingerprint density at radius 2 is 1.81 bits per heavy atom. The van der Waals surface area contributed by atoms with Crippen LogP contribution in [0.25, 0.3) is 0 Å². The van der Waals surface area contributed by atoms with Gasteiger partial charge in [0, 0.05) is 0 Å². The molecule has 0 bridgehead atoms. The van der Waals surface area contributed by atoms with Crippen molar-refractivity contribution in [3.8, 4) is 0 Å². The molecule has 2 nitrogen and oxygen atoms in total. The molecule has 92 valence electrons. The van der Waals surface area contributed by atoms with Crippen LogP contribution in [0, 0.1) is 17.3 Å². The predicted molar refractivity (Wildman–Crippen MR) is 66.1 cm³/mol. The second-order valence-corrected chi connectivity index (χ2v) is 5.11. The lowest BCUT2D eigenvalue weighted by Gasteiger charge is -2.01. The highest BCUT2D eigenvalue weighted by molar-refractivity contribution is 5.78. The van der Waals surface area contributed by atoms with Crippen molar-refractivity contribution in [1.82, 2.24) is 0 Å². The zero-order valence-corrected chi connectivity index (χ0v) is 11.2. The SMILES string of the molecule is CCOC(=O)[C@H]1[C@H](C=C(CC)CC)C1(C)C. The highest BCUT2D eigenvalue weighted by atomic mass is 16.5. The molecule has 2 heteroatoms. The first-order chi connectivity index (χ1) is 7.48. The summed E-state index contributed by atoms with van der Waals surface area (Å²) in [6.07, 6.45) is 4.46. The maximum absolute atomic E-state index is 11.7. The number of esters is 1. The van der Waals surface area contributed by atoms with Gasteiger partial charge in [-0.05, 0) is 31.1 Å². The van der Waals surface area contributed by atoms with E-state index in [9.17, 15) is 4.79 Å². The fraction of sp³-hybridized carbons (Fsp3) is 0.786. The lowest BCUT2D eigenvalue weighted by atomic mass is 10.0. The number of ether oxygens (including phenoxy) is 1. The summed E-state index contributed by atoms with van der Waals surface area (Å²) in [6.45, 7) is 11.0. The van der Waals surface area contributed by atoms with Gasteiger partial charge in [-0.1, -0.05) is 39.3 Å². The first kappa shape index (κ1) is 13.3. The maximum Gasteiger partial charge on any atom is 0.310 e. The van der Waals surface area contributed by atoms with Crippen LogP contribution < -0.4 is 0 Å². The number of hydrogen-bond acceptors (Lipinski definition) is 2. The molecule has 0 aliphatic heterocycles. The van der Waals surface area contributed by atoms with Crippen molar-refractivity contribution < 1.29 is 9.53 Å². The quantitative estimate of drug-likeness (QED) is 0.527. The van der Waals surface area contributed by atoms with Crippen molar-refractivity contribution >= 4 is 5.97 Å². The Hall–Kier alpha value is -0.790. The summed E-state index contributed by atoms with van der Waals surface area (Å²) in [4.78, 5) is 11.7. The first-order valence-electron chi connectivity index (χ1n) is 6.35. The molecule has 2 atom stereocenters. The third kappa shape index (κ3) is 2.47. The van der Waals surface area contributed by atoms with Crippen LogP contribution in [0.15, 0.2) is 11.6 Å². The van der Waals surface area contributed by atoms with Gasteiger partial charge in [-0.2, -0.15) is 0 Å². The summed E-state index contributed by atoms with van der Waals surface area (Å²) in [5.41, 5.74) is 1.53. The normalized spacial score (nSPS) is 26.1. The molecule has 0 aromatic carbocycles. The fourth-order valence-electron chi connectivity index (χ4n) is 2.41. The van der Waals surface area contributed by atoms with Crippen LogP contribution in [0.5, 0.6) is 0 Å². The largest absolute Gasteiger partial charge is 0.466 e. The Morgan fingerprint density at radius 1 is 1.25 bits per heavy atom. The van der Waals surface area contributed by atoms with Crippen molar-refractivity contribution in [2.45, 2.75) is 47.5 Å². The first-order valence-corrected chi connectivity index (χ1v) is 6.35. The molecule has 0 aromatic rings. The summed E-state index contributed by atoms with van der Waals surface area (Å²) in [7, 11) is 0. The molecule has 0 radical (unpaired) electrons. The van der Waals surface area contributed by atoms with Crippen molar-refractivity contribution in [3.63, 3.8) is 0 Å². The van der Waals surface area contributed by atoms with Crippen LogP contribution in [0.1, 0.15) is 47.5 Å². The van der Waals surface area contributed by atoms with Gasteiger partial charge in [-0.15, -0.1) is 0 Å². The molecule has 0 amide bonds. The van der Waals surface area contributed by atoms with Gasteiger partial charge in [0.25, 0.3) is 0 Å². The van der Waals surface area contributed by atoms with Crippen molar-refractivity contribution in [2.75, 3.05) is 6.61 Å². The van der Waals surface area contributed by atoms with Gasteiger partial charge in [-0.3, -0.25) is 4.79 Å². The number of carbonyl (C=O) groups excluding carboxylic acids is 1. The number of allylic oxidation sites excluding steroid dienone is 2. The van der Waals surface area contributed by atoms with E-state index in [1.54, 1.807) is 0 Å². The maximum atomic E-state index is 11.7. The van der Waals surface area contributed by atoms with Crippen LogP contribution >= 0.6 is 0 Å². The van der Waals surface area contributed by atoms with E-state index in [-0.39, 0.29) is 17.3 Å². The standard InChI is InChI=1S/C14H24O2/c1-6-10(7-2)9-11-12(14(11,4)5)13(15)16-8-3/h9,11-12H,6-8H2,1-5H3/t11-,12+/m0/s1. The van der Waals surface area contributed by atoms with Gasteiger partial charge >= 0.3 is 5.97 Å². The fourth-order valence-corrected chi connectivity index (χ4v) is 2.41. The third-order valence-electron chi connectivity index (χ3n) is 3.77. The summed E-state index contributed by atoms with van der Waals surface area (Å²) in [6, 6.07) is 0. The summed E-state index contributed by atoms with van der Waals surface area (Å²) in [5.74, 6) is 0.419. The van der Waals surface area contributed by atoms with E-state index in [0.717, 1.165) is 12.8 Å². The highest BCUT2D eigenvalue weighted by Crippen LogP contribution is 2.60. The number of hydrogen-bond donors (Lipinski definition) is 0. The molecule has 1 fully saturated rings. The van der Waals surface area contributed by atoms with E-state index in [4.69, 9.17) is 4.74 Å². The summed E-state index contributed by atoms with van der Waals surface area (Å²) < 4.78 is 5.11. The molecule has 16 heavy (non-hydrogen) atoms. The van der Waals surface area contributed by atoms with Gasteiger partial charge < -0.3 is 4.74 Å². The van der Waals surface area contributed by atoms with Crippen LogP contribution in [-0.4, -0.2) is 12.6 Å². The molecule has 0 spiro atoms. The molecular weight excluding hydrogens is 200 g/mol. The molecule has 1 aliphatic carbocycles. The van der Waals surface area contributed by atoms with E-state index in [1.807, 2.05) is 6.92 Å². The Kier molecular flexibility index (Phi) is 4.17. The molecule has 0 unspecified atom stereocenters. The van der Waals surface area contributed by atoms with Gasteiger partial charge in [0.2, 0.25) is 0 Å². The van der Waals surface area contributed by atoms with E-state index >= 15 is 0 Å². The average molecular weight is 224 g/mol. The van der Waals surface area contributed by atoms with E-state index in [0.29, 0.717) is 12.5 Å². The predicted octanol–water partition coefficient (Wildman–Crippen LogP) is 3.57. The molecule has 0 aromatic heterocycles. The van der Waals surface area contributed by atoms with Crippen molar-refractivity contribution in [3.05, 3.63) is 11.6 Å². The Morgan fingerprint density at radius 3 is 2.25 bits per heavy atom.